The van der Waals surface area contributed by atoms with Gasteiger partial charge in [0.2, 0.25) is 21.8 Å². The zero-order chi connectivity index (χ0) is 22.4. The summed E-state index contributed by atoms with van der Waals surface area (Å²) in [5.41, 5.74) is 1.88. The monoisotopic (exact) mass is 443 g/mol. The van der Waals surface area contributed by atoms with Gasteiger partial charge in [0, 0.05) is 25.7 Å². The van der Waals surface area contributed by atoms with Crippen molar-refractivity contribution in [3.63, 3.8) is 0 Å². The Morgan fingerprint density at radius 3 is 2.35 bits per heavy atom. The highest BCUT2D eigenvalue weighted by molar-refractivity contribution is 7.89. The van der Waals surface area contributed by atoms with Crippen LogP contribution in [-0.2, 0) is 19.6 Å². The van der Waals surface area contributed by atoms with Gasteiger partial charge in [0.05, 0.1) is 17.4 Å². The van der Waals surface area contributed by atoms with E-state index in [9.17, 15) is 18.0 Å². The molecule has 2 aromatic carbocycles. The summed E-state index contributed by atoms with van der Waals surface area (Å²) in [6.45, 7) is 4.21. The topological polar surface area (TPSA) is 95.6 Å². The molecule has 0 radical (unpaired) electrons. The minimum absolute atomic E-state index is 0.0334. The molecule has 31 heavy (non-hydrogen) atoms. The lowest BCUT2D eigenvalue weighted by Gasteiger charge is -2.26. The number of carbonyl (C=O) groups excluding carboxylic acids is 2. The molecular weight excluding hydrogens is 414 g/mol. The van der Waals surface area contributed by atoms with Gasteiger partial charge in [0.15, 0.2) is 0 Å². The van der Waals surface area contributed by atoms with E-state index in [4.69, 9.17) is 0 Å². The molecule has 0 aliphatic carbocycles. The highest BCUT2D eigenvalue weighted by atomic mass is 32.2. The summed E-state index contributed by atoms with van der Waals surface area (Å²) in [4.78, 5) is 24.5. The van der Waals surface area contributed by atoms with Crippen LogP contribution in [-0.4, -0.2) is 37.6 Å². The molecule has 0 aromatic heterocycles. The third-order valence-corrected chi connectivity index (χ3v) is 7.41. The van der Waals surface area contributed by atoms with Crippen LogP contribution in [0.3, 0.4) is 0 Å². The lowest BCUT2D eigenvalue weighted by atomic mass is 10.0. The molecule has 1 atom stereocenters. The molecule has 3 rings (SSSR count). The molecule has 7 nitrogen and oxygen atoms in total. The van der Waals surface area contributed by atoms with E-state index in [2.05, 4.69) is 10.6 Å². The Bertz CT molecular complexity index is 1030. The first-order valence-corrected chi connectivity index (χ1v) is 11.9. The maximum Gasteiger partial charge on any atom is 0.243 e. The van der Waals surface area contributed by atoms with Crippen LogP contribution < -0.4 is 10.6 Å². The van der Waals surface area contributed by atoms with Crippen LogP contribution in [0.5, 0.6) is 0 Å². The van der Waals surface area contributed by atoms with E-state index in [0.29, 0.717) is 24.3 Å². The lowest BCUT2D eigenvalue weighted by molar-refractivity contribution is -0.120. The third-order valence-electron chi connectivity index (χ3n) is 5.37. The van der Waals surface area contributed by atoms with E-state index in [1.807, 2.05) is 30.3 Å². The van der Waals surface area contributed by atoms with E-state index in [1.165, 1.54) is 17.3 Å². The van der Waals surface area contributed by atoms with Gasteiger partial charge in [-0.3, -0.25) is 9.59 Å². The van der Waals surface area contributed by atoms with Crippen LogP contribution in [0.25, 0.3) is 0 Å². The van der Waals surface area contributed by atoms with Gasteiger partial charge in [-0.05, 0) is 43.0 Å². The van der Waals surface area contributed by atoms with E-state index >= 15 is 0 Å². The Morgan fingerprint density at radius 2 is 1.71 bits per heavy atom. The number of piperidine rings is 1. The van der Waals surface area contributed by atoms with Crippen molar-refractivity contribution in [1.29, 1.82) is 0 Å². The van der Waals surface area contributed by atoms with Gasteiger partial charge in [0.25, 0.3) is 0 Å². The number of sulfonamides is 1. The second-order valence-electron chi connectivity index (χ2n) is 7.86. The van der Waals surface area contributed by atoms with E-state index in [1.54, 1.807) is 19.1 Å². The summed E-state index contributed by atoms with van der Waals surface area (Å²) in [6, 6.07) is 13.7. The number of aryl methyl sites for hydroxylation is 1. The SMILES string of the molecule is CC(=O)NC(CC(=O)Nc1ccc(C)c(S(=O)(=O)N2CCCCC2)c1)c1ccccc1. The molecule has 1 aliphatic heterocycles. The van der Waals surface area contributed by atoms with Crippen molar-refractivity contribution < 1.29 is 18.0 Å². The van der Waals surface area contributed by atoms with E-state index < -0.39 is 16.1 Å². The Kier molecular flexibility index (Phi) is 7.46. The second kappa shape index (κ2) is 10.1. The molecule has 1 aliphatic rings. The molecular formula is C23H29N3O4S. The number of nitrogens with one attached hydrogen (secondary N) is 2. The molecule has 2 N–H and O–H groups in total. The van der Waals surface area contributed by atoms with Crippen molar-refractivity contribution in [3.8, 4) is 0 Å². The fourth-order valence-corrected chi connectivity index (χ4v) is 5.55. The minimum Gasteiger partial charge on any atom is -0.349 e. The standard InChI is InChI=1S/C23H29N3O4S/c1-17-11-12-20(15-22(17)31(29,30)26-13-7-4-8-14-26)25-23(28)16-21(24-18(2)27)19-9-5-3-6-10-19/h3,5-6,9-12,15,21H,4,7-8,13-14,16H2,1-2H3,(H,24,27)(H,25,28). The quantitative estimate of drug-likeness (QED) is 0.686. The van der Waals surface area contributed by atoms with Crippen LogP contribution in [0.15, 0.2) is 53.4 Å². The van der Waals surface area contributed by atoms with Gasteiger partial charge in [-0.15, -0.1) is 0 Å². The van der Waals surface area contributed by atoms with Crippen LogP contribution in [0.2, 0.25) is 0 Å². The minimum atomic E-state index is -3.61. The van der Waals surface area contributed by atoms with Crippen LogP contribution in [0.1, 0.15) is 49.8 Å². The van der Waals surface area contributed by atoms with Crippen molar-refractivity contribution in [1.82, 2.24) is 9.62 Å². The summed E-state index contributed by atoms with van der Waals surface area (Å²) in [7, 11) is -3.61. The smallest absolute Gasteiger partial charge is 0.243 e. The van der Waals surface area contributed by atoms with Gasteiger partial charge in [0.1, 0.15) is 0 Å². The third kappa shape index (κ3) is 5.92. The first-order valence-electron chi connectivity index (χ1n) is 10.5. The molecule has 2 amide bonds. The van der Waals surface area contributed by atoms with Crippen molar-refractivity contribution in [2.75, 3.05) is 18.4 Å². The summed E-state index contributed by atoms with van der Waals surface area (Å²) in [5, 5.41) is 5.58. The Balaban J connectivity index is 1.76. The average molecular weight is 444 g/mol. The van der Waals surface area contributed by atoms with E-state index in [0.717, 1.165) is 24.8 Å². The number of rotatable bonds is 7. The zero-order valence-electron chi connectivity index (χ0n) is 17.9. The maximum absolute atomic E-state index is 13.1. The Hall–Kier alpha value is -2.71. The van der Waals surface area contributed by atoms with Gasteiger partial charge in [-0.25, -0.2) is 8.42 Å². The van der Waals surface area contributed by atoms with E-state index in [-0.39, 0.29) is 23.1 Å². The normalized spacial score (nSPS) is 15.8. The average Bonchev–Trinajstić information content (AvgIpc) is 2.75. The molecule has 1 fully saturated rings. The molecule has 0 saturated carbocycles. The Labute approximate surface area is 183 Å². The van der Waals surface area contributed by atoms with Gasteiger partial charge in [-0.2, -0.15) is 4.31 Å². The van der Waals surface area contributed by atoms with Crippen LogP contribution >= 0.6 is 0 Å². The largest absolute Gasteiger partial charge is 0.349 e. The van der Waals surface area contributed by atoms with Gasteiger partial charge in [-0.1, -0.05) is 42.8 Å². The van der Waals surface area contributed by atoms with Crippen molar-refractivity contribution >= 4 is 27.5 Å². The van der Waals surface area contributed by atoms with Gasteiger partial charge < -0.3 is 10.6 Å². The summed E-state index contributed by atoms with van der Waals surface area (Å²) < 4.78 is 27.7. The molecule has 166 valence electrons. The number of anilines is 1. The number of nitrogens with zero attached hydrogens (tertiary/aromatic N) is 1. The predicted octanol–water partition coefficient (Wildman–Crippen LogP) is 3.38. The molecule has 1 unspecified atom stereocenters. The number of carbonyl (C=O) groups is 2. The number of hydrogen-bond donors (Lipinski definition) is 2. The summed E-state index contributed by atoms with van der Waals surface area (Å²) in [6.07, 6.45) is 2.79. The number of hydrogen-bond acceptors (Lipinski definition) is 4. The highest BCUT2D eigenvalue weighted by Crippen LogP contribution is 2.26. The molecule has 2 aromatic rings. The molecule has 1 saturated heterocycles. The molecule has 0 bridgehead atoms. The fourth-order valence-electron chi connectivity index (χ4n) is 3.78. The molecule has 1 heterocycles. The van der Waals surface area contributed by atoms with Crippen molar-refractivity contribution in [2.24, 2.45) is 0 Å². The van der Waals surface area contributed by atoms with Gasteiger partial charge >= 0.3 is 0 Å². The maximum atomic E-state index is 13.1. The summed E-state index contributed by atoms with van der Waals surface area (Å²) >= 11 is 0. The first-order chi connectivity index (χ1) is 14.8. The number of amides is 2. The number of benzene rings is 2. The second-order valence-corrected chi connectivity index (χ2v) is 9.77. The predicted molar refractivity (Wildman–Crippen MR) is 120 cm³/mol. The molecule has 8 heteroatoms. The van der Waals surface area contributed by atoms with Crippen molar-refractivity contribution in [2.45, 2.75) is 50.5 Å². The first kappa shape index (κ1) is 23.0. The Morgan fingerprint density at radius 1 is 1.03 bits per heavy atom. The molecule has 0 spiro atoms. The van der Waals surface area contributed by atoms with Crippen LogP contribution in [0, 0.1) is 6.92 Å². The highest BCUT2D eigenvalue weighted by Gasteiger charge is 2.28. The van der Waals surface area contributed by atoms with Crippen LogP contribution in [0.4, 0.5) is 5.69 Å². The lowest BCUT2D eigenvalue weighted by Crippen LogP contribution is -2.36. The fraction of sp³-hybridized carbons (Fsp3) is 0.391. The summed E-state index contributed by atoms with van der Waals surface area (Å²) in [5.74, 6) is -0.542. The zero-order valence-corrected chi connectivity index (χ0v) is 18.7. The van der Waals surface area contributed by atoms with Crippen molar-refractivity contribution in [3.05, 3.63) is 59.7 Å².